The van der Waals surface area contributed by atoms with Crippen LogP contribution in [-0.4, -0.2) is 19.6 Å². The van der Waals surface area contributed by atoms with E-state index in [1.54, 1.807) is 0 Å². The second-order valence-electron chi connectivity index (χ2n) is 10.8. The Balaban J connectivity index is 0.00000648. The molecule has 0 aliphatic rings. The van der Waals surface area contributed by atoms with Gasteiger partial charge in [0.25, 0.3) is 0 Å². The van der Waals surface area contributed by atoms with Crippen molar-refractivity contribution >= 4 is 15.6 Å². The van der Waals surface area contributed by atoms with E-state index in [9.17, 15) is 28.7 Å². The molecule has 0 amide bonds. The van der Waals surface area contributed by atoms with Crippen molar-refractivity contribution in [3.05, 3.63) is 57.6 Å². The van der Waals surface area contributed by atoms with Gasteiger partial charge in [0.2, 0.25) is 0 Å². The molecule has 11 heteroatoms. The van der Waals surface area contributed by atoms with Crippen LogP contribution in [0, 0.1) is 0 Å². The first-order valence-corrected chi connectivity index (χ1v) is 14.6. The minimum absolute atomic E-state index is 0. The van der Waals surface area contributed by atoms with Crippen molar-refractivity contribution < 1.29 is 68.7 Å². The molecule has 0 saturated heterocycles. The summed E-state index contributed by atoms with van der Waals surface area (Å²) in [6, 6.07) is 7.39. The summed E-state index contributed by atoms with van der Waals surface area (Å²) in [7, 11) is -9.78. The molecule has 0 aromatic heterocycles. The topological polar surface area (TPSA) is 134 Å². The Morgan fingerprint density at radius 1 is 0.694 bits per heavy atom. The van der Waals surface area contributed by atoms with Crippen LogP contribution in [0.4, 0.5) is 0 Å². The van der Waals surface area contributed by atoms with Gasteiger partial charge in [0.05, 0.1) is 0 Å². The number of phosphoric acid groups is 2. The van der Waals surface area contributed by atoms with E-state index >= 15 is 0 Å². The van der Waals surface area contributed by atoms with Gasteiger partial charge in [-0.15, -0.1) is 0 Å². The average Bonchev–Trinajstić information content (AvgIpc) is 2.66. The maximum atomic E-state index is 11.9. The predicted octanol–water partition coefficient (Wildman–Crippen LogP) is 3.06. The van der Waals surface area contributed by atoms with Crippen LogP contribution in [0.15, 0.2) is 24.3 Å². The zero-order chi connectivity index (χ0) is 27.0. The van der Waals surface area contributed by atoms with E-state index in [0.29, 0.717) is 35.1 Å². The van der Waals surface area contributed by atoms with Crippen molar-refractivity contribution in [3.8, 4) is 11.5 Å². The van der Waals surface area contributed by atoms with Crippen LogP contribution < -0.4 is 38.6 Å². The zero-order valence-electron chi connectivity index (χ0n) is 23.7. The van der Waals surface area contributed by atoms with Gasteiger partial charge in [0.15, 0.2) is 0 Å². The Hall–Kier alpha value is -0.660. The number of aryl methyl sites for hydroxylation is 2. The van der Waals surface area contributed by atoms with Gasteiger partial charge < -0.3 is 10.5 Å². The van der Waals surface area contributed by atoms with Crippen molar-refractivity contribution in [2.45, 2.75) is 85.5 Å². The van der Waals surface area contributed by atoms with Crippen LogP contribution >= 0.6 is 15.6 Å². The van der Waals surface area contributed by atoms with Gasteiger partial charge in [0.1, 0.15) is 11.5 Å². The van der Waals surface area contributed by atoms with Gasteiger partial charge in [-0.1, -0.05) is 79.7 Å². The SMILES string of the molecule is CCc1cc(Cc2cc(CC)cc(C(C)(C)C)c2OP(=O)(O)O)c(OP(=O)(O)O)c(C(C)(C)C)c1.[H-].[Na+]. The van der Waals surface area contributed by atoms with Gasteiger partial charge in [-0.2, -0.15) is 0 Å². The first-order valence-electron chi connectivity index (χ1n) is 11.6. The molecule has 2 rings (SSSR count). The van der Waals surface area contributed by atoms with Gasteiger partial charge in [-0.25, -0.2) is 9.13 Å². The molecule has 0 atom stereocenters. The van der Waals surface area contributed by atoms with Crippen molar-refractivity contribution in [1.29, 1.82) is 0 Å². The molecule has 4 N–H and O–H groups in total. The van der Waals surface area contributed by atoms with E-state index in [4.69, 9.17) is 9.05 Å². The maximum Gasteiger partial charge on any atom is 1.00 e. The quantitative estimate of drug-likeness (QED) is 0.290. The number of phosphoric ester groups is 2. The summed E-state index contributed by atoms with van der Waals surface area (Å²) < 4.78 is 34.3. The molecule has 2 aromatic rings. The van der Waals surface area contributed by atoms with E-state index in [2.05, 4.69) is 0 Å². The molecule has 0 saturated carbocycles. The summed E-state index contributed by atoms with van der Waals surface area (Å²) >= 11 is 0. The fourth-order valence-electron chi connectivity index (χ4n) is 3.95. The molecule has 198 valence electrons. The van der Waals surface area contributed by atoms with Crippen LogP contribution in [-0.2, 0) is 39.2 Å². The third-order valence-electron chi connectivity index (χ3n) is 5.69. The van der Waals surface area contributed by atoms with Crippen LogP contribution in [0.3, 0.4) is 0 Å². The Labute approximate surface area is 238 Å². The zero-order valence-corrected chi connectivity index (χ0v) is 26.5. The van der Waals surface area contributed by atoms with E-state index in [1.165, 1.54) is 0 Å². The standard InChI is InChI=1S/C25H38O8P2.Na.H/c1-9-16-11-18(22(32-34(26,27)28)20(13-16)24(3,4)5)15-19-12-17(10-2)14-21(25(6,7)8)23(19)33-35(29,30)31;;/h11-14H,9-10,15H2,1-8H3,(H2,26,27,28)(H2,29,30,31);;/q;+1;-1. The van der Waals surface area contributed by atoms with Crippen molar-refractivity contribution in [2.24, 2.45) is 0 Å². The summed E-state index contributed by atoms with van der Waals surface area (Å²) in [5, 5.41) is 0. The summed E-state index contributed by atoms with van der Waals surface area (Å²) in [6.45, 7) is 15.5. The van der Waals surface area contributed by atoms with E-state index < -0.39 is 26.5 Å². The summed E-state index contributed by atoms with van der Waals surface area (Å²) in [6.07, 6.45) is 1.46. The van der Waals surface area contributed by atoms with Crippen LogP contribution in [0.1, 0.15) is 90.2 Å². The average molecular weight is 553 g/mol. The molecule has 0 aliphatic carbocycles. The Kier molecular flexibility index (Phi) is 11.1. The molecule has 0 spiro atoms. The minimum Gasteiger partial charge on any atom is -1.00 e. The molecule has 0 aliphatic heterocycles. The third-order valence-corrected chi connectivity index (χ3v) is 6.53. The van der Waals surface area contributed by atoms with E-state index in [0.717, 1.165) is 11.1 Å². The maximum absolute atomic E-state index is 11.9. The van der Waals surface area contributed by atoms with Crippen molar-refractivity contribution in [3.63, 3.8) is 0 Å². The number of hydrogen-bond acceptors (Lipinski definition) is 4. The Morgan fingerprint density at radius 3 is 1.22 bits per heavy atom. The molecule has 0 heterocycles. The fraction of sp³-hybridized carbons (Fsp3) is 0.520. The molecular weight excluding hydrogens is 513 g/mol. The first kappa shape index (κ1) is 33.4. The largest absolute Gasteiger partial charge is 1.00 e. The summed E-state index contributed by atoms with van der Waals surface area (Å²) in [4.78, 5) is 38.7. The normalized spacial score (nSPS) is 12.8. The van der Waals surface area contributed by atoms with Gasteiger partial charge in [0, 0.05) is 17.5 Å². The van der Waals surface area contributed by atoms with Crippen LogP contribution in [0.25, 0.3) is 0 Å². The fourth-order valence-corrected chi connectivity index (χ4v) is 4.86. The molecular formula is C25H39NaO8P2. The second-order valence-corrected chi connectivity index (χ2v) is 13.1. The van der Waals surface area contributed by atoms with Gasteiger partial charge in [-0.05, 0) is 45.9 Å². The molecule has 0 unspecified atom stereocenters. The predicted molar refractivity (Wildman–Crippen MR) is 138 cm³/mol. The van der Waals surface area contributed by atoms with Crippen LogP contribution in [0.2, 0.25) is 0 Å². The van der Waals surface area contributed by atoms with Crippen LogP contribution in [0.5, 0.6) is 11.5 Å². The summed E-state index contributed by atoms with van der Waals surface area (Å²) in [5.74, 6) is 0.147. The molecule has 0 bridgehead atoms. The molecule has 36 heavy (non-hydrogen) atoms. The monoisotopic (exact) mass is 552 g/mol. The van der Waals surface area contributed by atoms with Gasteiger partial charge in [-0.3, -0.25) is 19.6 Å². The molecule has 2 aromatic carbocycles. The third kappa shape index (κ3) is 9.27. The number of benzene rings is 2. The van der Waals surface area contributed by atoms with Crippen molar-refractivity contribution in [2.75, 3.05) is 0 Å². The smallest absolute Gasteiger partial charge is 1.00 e. The second kappa shape index (κ2) is 12.0. The molecule has 0 fully saturated rings. The van der Waals surface area contributed by atoms with E-state index in [1.807, 2.05) is 79.7 Å². The Morgan fingerprint density at radius 2 is 1.00 bits per heavy atom. The number of hydrogen-bond donors (Lipinski definition) is 4. The summed E-state index contributed by atoms with van der Waals surface area (Å²) in [5.41, 5.74) is 3.19. The van der Waals surface area contributed by atoms with E-state index in [-0.39, 0.29) is 48.9 Å². The van der Waals surface area contributed by atoms with Gasteiger partial charge >= 0.3 is 45.2 Å². The first-order chi connectivity index (χ1) is 15.7. The minimum atomic E-state index is -4.89. The molecule has 0 radical (unpaired) electrons. The molecule has 8 nitrogen and oxygen atoms in total. The van der Waals surface area contributed by atoms with Crippen molar-refractivity contribution in [1.82, 2.24) is 0 Å². The Bertz CT molecular complexity index is 1090. The number of rotatable bonds is 8.